The van der Waals surface area contributed by atoms with Gasteiger partial charge in [0.25, 0.3) is 5.91 Å². The lowest BCUT2D eigenvalue weighted by molar-refractivity contribution is -0.118. The van der Waals surface area contributed by atoms with E-state index in [0.29, 0.717) is 27.6 Å². The fraction of sp³-hybridized carbons (Fsp3) is 0.0909. The number of rotatable bonds is 5. The summed E-state index contributed by atoms with van der Waals surface area (Å²) in [7, 11) is 0. The molecule has 3 aromatic carbocycles. The molecule has 0 saturated heterocycles. The molecule has 146 valence electrons. The predicted molar refractivity (Wildman–Crippen MR) is 110 cm³/mol. The molecular weight excluding hydrogens is 395 g/mol. The lowest BCUT2D eigenvalue weighted by Crippen LogP contribution is -2.20. The molecule has 0 atom stereocenters. The number of oxazole rings is 1. The summed E-state index contributed by atoms with van der Waals surface area (Å²) in [6, 6.07) is 16.5. The molecule has 0 saturated carbocycles. The van der Waals surface area contributed by atoms with Crippen molar-refractivity contribution in [1.82, 2.24) is 4.98 Å². The molecule has 4 rings (SSSR count). The number of hydrogen-bond acceptors (Lipinski definition) is 4. The van der Waals surface area contributed by atoms with Crippen LogP contribution >= 0.6 is 11.6 Å². The second-order valence-electron chi connectivity index (χ2n) is 6.43. The Hall–Kier alpha value is -3.38. The average Bonchev–Trinajstić information content (AvgIpc) is 3.12. The van der Waals surface area contributed by atoms with E-state index < -0.39 is 5.82 Å². The van der Waals surface area contributed by atoms with E-state index in [-0.39, 0.29) is 24.0 Å². The van der Waals surface area contributed by atoms with Gasteiger partial charge in [0.05, 0.1) is 5.56 Å². The lowest BCUT2D eigenvalue weighted by atomic mass is 10.2. The maximum Gasteiger partial charge on any atom is 0.262 e. The Morgan fingerprint density at radius 3 is 2.79 bits per heavy atom. The van der Waals surface area contributed by atoms with Crippen LogP contribution in [0, 0.1) is 12.7 Å². The highest BCUT2D eigenvalue weighted by Gasteiger charge is 2.13. The Kier molecular flexibility index (Phi) is 5.18. The van der Waals surface area contributed by atoms with Crippen LogP contribution in [0.15, 0.2) is 65.1 Å². The maximum absolute atomic E-state index is 13.9. The standard InChI is InChI=1S/C22H16ClFN2O3/c1-13-10-15(7-8-17(13)23)28-12-21(27)25-14-6-9-19-20(11-14)29-22(26-19)16-4-2-3-5-18(16)24/h2-11H,12H2,1H3,(H,25,27). The third-order valence-corrected chi connectivity index (χ3v) is 4.70. The molecule has 1 aromatic heterocycles. The number of hydrogen-bond donors (Lipinski definition) is 1. The number of halogens is 2. The molecule has 0 radical (unpaired) electrons. The molecule has 1 heterocycles. The van der Waals surface area contributed by atoms with Crippen molar-refractivity contribution in [3.05, 3.63) is 77.1 Å². The number of aryl methyl sites for hydroxylation is 1. The van der Waals surface area contributed by atoms with Crippen LogP contribution in [0.1, 0.15) is 5.56 Å². The summed E-state index contributed by atoms with van der Waals surface area (Å²) in [4.78, 5) is 16.5. The van der Waals surface area contributed by atoms with Gasteiger partial charge in [-0.3, -0.25) is 4.79 Å². The molecule has 7 heteroatoms. The van der Waals surface area contributed by atoms with Crippen molar-refractivity contribution in [2.24, 2.45) is 0 Å². The van der Waals surface area contributed by atoms with Crippen molar-refractivity contribution < 1.29 is 18.3 Å². The number of aromatic nitrogens is 1. The van der Waals surface area contributed by atoms with Crippen LogP contribution in [-0.4, -0.2) is 17.5 Å². The van der Waals surface area contributed by atoms with Gasteiger partial charge in [-0.25, -0.2) is 9.37 Å². The van der Waals surface area contributed by atoms with Gasteiger partial charge in [-0.15, -0.1) is 0 Å². The minimum Gasteiger partial charge on any atom is -0.484 e. The van der Waals surface area contributed by atoms with Gasteiger partial charge in [0.2, 0.25) is 5.89 Å². The number of nitrogens with one attached hydrogen (secondary N) is 1. The van der Waals surface area contributed by atoms with Crippen molar-refractivity contribution in [2.75, 3.05) is 11.9 Å². The molecule has 5 nitrogen and oxygen atoms in total. The Morgan fingerprint density at radius 1 is 1.17 bits per heavy atom. The molecule has 0 bridgehead atoms. The quantitative estimate of drug-likeness (QED) is 0.464. The largest absolute Gasteiger partial charge is 0.484 e. The Bertz CT molecular complexity index is 1210. The lowest BCUT2D eigenvalue weighted by Gasteiger charge is -2.08. The Labute approximate surface area is 171 Å². The number of carbonyl (C=O) groups is 1. The maximum atomic E-state index is 13.9. The van der Waals surface area contributed by atoms with E-state index in [1.54, 1.807) is 54.6 Å². The zero-order valence-electron chi connectivity index (χ0n) is 15.4. The first-order valence-electron chi connectivity index (χ1n) is 8.84. The van der Waals surface area contributed by atoms with Crippen molar-refractivity contribution in [3.8, 4) is 17.2 Å². The third-order valence-electron chi connectivity index (χ3n) is 4.28. The predicted octanol–water partition coefficient (Wildman–Crippen LogP) is 5.61. The van der Waals surface area contributed by atoms with Gasteiger partial charge in [0.1, 0.15) is 17.1 Å². The molecular formula is C22H16ClFN2O3. The van der Waals surface area contributed by atoms with E-state index in [4.69, 9.17) is 20.8 Å². The Morgan fingerprint density at radius 2 is 2.00 bits per heavy atom. The first-order valence-corrected chi connectivity index (χ1v) is 9.22. The number of carbonyl (C=O) groups excluding carboxylic acids is 1. The average molecular weight is 411 g/mol. The number of ether oxygens (including phenoxy) is 1. The van der Waals surface area contributed by atoms with Gasteiger partial charge in [0, 0.05) is 16.8 Å². The summed E-state index contributed by atoms with van der Waals surface area (Å²) in [6.45, 7) is 1.70. The van der Waals surface area contributed by atoms with E-state index in [2.05, 4.69) is 10.3 Å². The fourth-order valence-corrected chi connectivity index (χ4v) is 2.92. The zero-order valence-corrected chi connectivity index (χ0v) is 16.2. The number of anilines is 1. The first-order chi connectivity index (χ1) is 14.0. The third kappa shape index (κ3) is 4.22. The molecule has 29 heavy (non-hydrogen) atoms. The van der Waals surface area contributed by atoms with Crippen LogP contribution in [0.2, 0.25) is 5.02 Å². The topological polar surface area (TPSA) is 64.4 Å². The van der Waals surface area contributed by atoms with E-state index in [0.717, 1.165) is 5.56 Å². The second kappa shape index (κ2) is 7.93. The van der Waals surface area contributed by atoms with Crippen molar-refractivity contribution >= 4 is 34.3 Å². The van der Waals surface area contributed by atoms with Gasteiger partial charge in [0.15, 0.2) is 12.2 Å². The first kappa shape index (κ1) is 19.0. The fourth-order valence-electron chi connectivity index (χ4n) is 2.81. The van der Waals surface area contributed by atoms with Crippen LogP contribution in [0.25, 0.3) is 22.6 Å². The molecule has 0 fully saturated rings. The number of amides is 1. The summed E-state index contributed by atoms with van der Waals surface area (Å²) in [5, 5.41) is 3.37. The number of fused-ring (bicyclic) bond motifs is 1. The molecule has 0 unspecified atom stereocenters. The molecule has 0 aliphatic rings. The highest BCUT2D eigenvalue weighted by Crippen LogP contribution is 2.28. The minimum absolute atomic E-state index is 0.157. The SMILES string of the molecule is Cc1cc(OCC(=O)Nc2ccc3nc(-c4ccccc4F)oc3c2)ccc1Cl. The van der Waals surface area contributed by atoms with Crippen molar-refractivity contribution in [3.63, 3.8) is 0 Å². The molecule has 0 aliphatic carbocycles. The van der Waals surface area contributed by atoms with Gasteiger partial charge in [-0.1, -0.05) is 23.7 Å². The highest BCUT2D eigenvalue weighted by molar-refractivity contribution is 6.31. The Balaban J connectivity index is 1.46. The number of benzene rings is 3. The summed E-state index contributed by atoms with van der Waals surface area (Å²) < 4.78 is 25.1. The van der Waals surface area contributed by atoms with Crippen LogP contribution in [0.4, 0.5) is 10.1 Å². The summed E-state index contributed by atoms with van der Waals surface area (Å²) >= 11 is 5.98. The van der Waals surface area contributed by atoms with Crippen molar-refractivity contribution in [1.29, 1.82) is 0 Å². The van der Waals surface area contributed by atoms with Crippen LogP contribution in [0.5, 0.6) is 5.75 Å². The van der Waals surface area contributed by atoms with Gasteiger partial charge >= 0.3 is 0 Å². The number of nitrogens with zero attached hydrogens (tertiary/aromatic N) is 1. The van der Waals surface area contributed by atoms with E-state index >= 15 is 0 Å². The molecule has 0 spiro atoms. The zero-order chi connectivity index (χ0) is 20.4. The second-order valence-corrected chi connectivity index (χ2v) is 6.84. The molecule has 4 aromatic rings. The molecule has 1 N–H and O–H groups in total. The van der Waals surface area contributed by atoms with E-state index in [9.17, 15) is 9.18 Å². The van der Waals surface area contributed by atoms with Gasteiger partial charge in [-0.2, -0.15) is 0 Å². The van der Waals surface area contributed by atoms with Crippen LogP contribution < -0.4 is 10.1 Å². The molecule has 1 amide bonds. The van der Waals surface area contributed by atoms with E-state index in [1.165, 1.54) is 6.07 Å². The summed E-state index contributed by atoms with van der Waals surface area (Å²) in [6.07, 6.45) is 0. The summed E-state index contributed by atoms with van der Waals surface area (Å²) in [5.41, 5.74) is 2.67. The monoisotopic (exact) mass is 410 g/mol. The van der Waals surface area contributed by atoms with E-state index in [1.807, 2.05) is 6.92 Å². The molecule has 0 aliphatic heterocycles. The summed E-state index contributed by atoms with van der Waals surface area (Å²) in [5.74, 6) is -0.00162. The van der Waals surface area contributed by atoms with Crippen LogP contribution in [0.3, 0.4) is 0 Å². The van der Waals surface area contributed by atoms with Crippen molar-refractivity contribution in [2.45, 2.75) is 6.92 Å². The van der Waals surface area contributed by atoms with Gasteiger partial charge in [-0.05, 0) is 55.0 Å². The smallest absolute Gasteiger partial charge is 0.262 e. The minimum atomic E-state index is -0.415. The normalized spacial score (nSPS) is 10.9. The van der Waals surface area contributed by atoms with Gasteiger partial charge < -0.3 is 14.5 Å². The van der Waals surface area contributed by atoms with Crippen LogP contribution in [-0.2, 0) is 4.79 Å². The highest BCUT2D eigenvalue weighted by atomic mass is 35.5.